The molecular formula is C43H28N2. The lowest BCUT2D eigenvalue weighted by Crippen LogP contribution is -2.28. The van der Waals surface area contributed by atoms with Crippen molar-refractivity contribution in [3.05, 3.63) is 186 Å². The number of hydrogen-bond acceptors (Lipinski definition) is 1. The molecule has 0 unspecified atom stereocenters. The number of para-hydroxylation sites is 3. The number of benzene rings is 7. The zero-order chi connectivity index (χ0) is 29.5. The first-order valence-electron chi connectivity index (χ1n) is 15.6. The van der Waals surface area contributed by atoms with Gasteiger partial charge in [0.05, 0.1) is 22.1 Å². The fourth-order valence-electron chi connectivity index (χ4n) is 8.26. The molecule has 1 aromatic heterocycles. The molecule has 2 nitrogen and oxygen atoms in total. The highest BCUT2D eigenvalue weighted by atomic mass is 15.0. The van der Waals surface area contributed by atoms with E-state index < -0.39 is 5.41 Å². The van der Waals surface area contributed by atoms with Crippen LogP contribution in [0.5, 0.6) is 0 Å². The molecule has 1 aliphatic heterocycles. The van der Waals surface area contributed by atoms with Gasteiger partial charge in [0.25, 0.3) is 0 Å². The highest BCUT2D eigenvalue weighted by molar-refractivity contribution is 6.19. The van der Waals surface area contributed by atoms with Crippen molar-refractivity contribution in [2.24, 2.45) is 0 Å². The van der Waals surface area contributed by atoms with Crippen LogP contribution < -0.4 is 5.32 Å². The van der Waals surface area contributed by atoms with E-state index in [9.17, 15) is 0 Å². The smallest absolute Gasteiger partial charge is 0.0715 e. The van der Waals surface area contributed by atoms with Gasteiger partial charge in [-0.15, -0.1) is 0 Å². The van der Waals surface area contributed by atoms with Crippen molar-refractivity contribution in [2.75, 3.05) is 5.32 Å². The molecule has 0 atom stereocenters. The molecule has 2 aliphatic rings. The molecule has 1 N–H and O–H groups in total. The van der Waals surface area contributed by atoms with Gasteiger partial charge in [0.15, 0.2) is 0 Å². The van der Waals surface area contributed by atoms with E-state index in [2.05, 4.69) is 174 Å². The van der Waals surface area contributed by atoms with E-state index in [4.69, 9.17) is 0 Å². The molecule has 0 radical (unpaired) electrons. The maximum absolute atomic E-state index is 3.79. The third kappa shape index (κ3) is 3.18. The van der Waals surface area contributed by atoms with Gasteiger partial charge in [-0.3, -0.25) is 0 Å². The lowest BCUT2D eigenvalue weighted by Gasteiger charge is -2.34. The molecule has 0 spiro atoms. The second-order valence-corrected chi connectivity index (χ2v) is 12.2. The van der Waals surface area contributed by atoms with Gasteiger partial charge < -0.3 is 9.88 Å². The zero-order valence-electron chi connectivity index (χ0n) is 24.5. The molecule has 0 fully saturated rings. The summed E-state index contributed by atoms with van der Waals surface area (Å²) in [6, 6.07) is 60.1. The van der Waals surface area contributed by atoms with Gasteiger partial charge in [-0.1, -0.05) is 127 Å². The summed E-state index contributed by atoms with van der Waals surface area (Å²) in [5.74, 6) is 0. The molecule has 2 heteroatoms. The van der Waals surface area contributed by atoms with E-state index in [0.717, 1.165) is 11.4 Å². The van der Waals surface area contributed by atoms with Gasteiger partial charge in [-0.05, 0) is 69.8 Å². The highest BCUT2D eigenvalue weighted by Crippen LogP contribution is 2.62. The second-order valence-electron chi connectivity index (χ2n) is 12.2. The van der Waals surface area contributed by atoms with Gasteiger partial charge in [-0.25, -0.2) is 0 Å². The fraction of sp³-hybridized carbons (Fsp3) is 0.0233. The van der Waals surface area contributed by atoms with E-state index in [0.29, 0.717) is 0 Å². The summed E-state index contributed by atoms with van der Waals surface area (Å²) in [6.45, 7) is 0. The molecule has 7 aromatic carbocycles. The largest absolute Gasteiger partial charge is 0.355 e. The SMILES string of the molecule is c1ccc(Nc2cc3c4c(c2)C(c2ccccc2)(c2ccccc2)c2ccc5c6ccccc6n(c5c2-4)-c2ccccc2-3)cc1. The minimum Gasteiger partial charge on any atom is -0.355 e. The highest BCUT2D eigenvalue weighted by Gasteiger charge is 2.49. The molecule has 0 bridgehead atoms. The topological polar surface area (TPSA) is 17.0 Å². The number of aromatic nitrogens is 1. The number of hydrogen-bond donors (Lipinski definition) is 1. The summed E-state index contributed by atoms with van der Waals surface area (Å²) in [5, 5.41) is 6.37. The van der Waals surface area contributed by atoms with E-state index in [1.54, 1.807) is 0 Å². The zero-order valence-corrected chi connectivity index (χ0v) is 24.5. The number of nitrogens with zero attached hydrogens (tertiary/aromatic N) is 1. The maximum Gasteiger partial charge on any atom is 0.0715 e. The van der Waals surface area contributed by atoms with Crippen molar-refractivity contribution in [3.63, 3.8) is 0 Å². The predicted molar refractivity (Wildman–Crippen MR) is 187 cm³/mol. The van der Waals surface area contributed by atoms with E-state index in [1.165, 1.54) is 72.0 Å². The molecule has 0 saturated carbocycles. The first-order chi connectivity index (χ1) is 22.3. The first kappa shape index (κ1) is 24.6. The summed E-state index contributed by atoms with van der Waals surface area (Å²) < 4.78 is 2.53. The van der Waals surface area contributed by atoms with Gasteiger partial charge in [0.1, 0.15) is 0 Å². The summed E-state index contributed by atoms with van der Waals surface area (Å²) in [7, 11) is 0. The summed E-state index contributed by atoms with van der Waals surface area (Å²) in [4.78, 5) is 0. The van der Waals surface area contributed by atoms with Crippen LogP contribution in [0.3, 0.4) is 0 Å². The van der Waals surface area contributed by atoms with Crippen LogP contribution in [-0.4, -0.2) is 4.57 Å². The van der Waals surface area contributed by atoms with Crippen LogP contribution in [0.4, 0.5) is 11.4 Å². The Hall–Kier alpha value is -5.86. The molecule has 45 heavy (non-hydrogen) atoms. The van der Waals surface area contributed by atoms with Crippen LogP contribution in [0, 0.1) is 0 Å². The molecule has 2 heterocycles. The average Bonchev–Trinajstić information content (AvgIpc) is 3.55. The Morgan fingerprint density at radius 1 is 0.444 bits per heavy atom. The minimum atomic E-state index is -0.502. The Morgan fingerprint density at radius 2 is 1.09 bits per heavy atom. The quantitative estimate of drug-likeness (QED) is 0.222. The molecule has 0 saturated heterocycles. The lowest BCUT2D eigenvalue weighted by molar-refractivity contribution is 0.769. The van der Waals surface area contributed by atoms with Crippen LogP contribution in [0.2, 0.25) is 0 Å². The second kappa shape index (κ2) is 9.07. The summed E-state index contributed by atoms with van der Waals surface area (Å²) in [5.41, 5.74) is 15.8. The Kier molecular flexibility index (Phi) is 4.95. The maximum atomic E-state index is 3.79. The molecule has 8 aromatic rings. The van der Waals surface area contributed by atoms with Gasteiger partial charge in [-0.2, -0.15) is 0 Å². The van der Waals surface area contributed by atoms with Crippen LogP contribution >= 0.6 is 0 Å². The van der Waals surface area contributed by atoms with E-state index >= 15 is 0 Å². The molecular weight excluding hydrogens is 544 g/mol. The molecule has 210 valence electrons. The Balaban J connectivity index is 1.45. The van der Waals surface area contributed by atoms with Crippen molar-refractivity contribution >= 4 is 33.2 Å². The number of rotatable bonds is 4. The normalized spacial score (nSPS) is 13.5. The summed E-state index contributed by atoms with van der Waals surface area (Å²) >= 11 is 0. The lowest BCUT2D eigenvalue weighted by atomic mass is 9.67. The number of anilines is 2. The third-order valence-electron chi connectivity index (χ3n) is 9.94. The van der Waals surface area contributed by atoms with Gasteiger partial charge in [0.2, 0.25) is 0 Å². The van der Waals surface area contributed by atoms with Crippen LogP contribution in [-0.2, 0) is 5.41 Å². The van der Waals surface area contributed by atoms with Crippen molar-refractivity contribution in [2.45, 2.75) is 5.41 Å². The van der Waals surface area contributed by atoms with Crippen LogP contribution in [0.15, 0.2) is 164 Å². The standard InChI is InChI=1S/C43H28N2/c1-4-14-28(15-5-1)43(29-16-6-2-7-17-29)36-25-24-34-32-20-10-12-22-38(32)45-39-23-13-11-21-33(39)35-26-31(44-30-18-8-3-9-19-30)27-37(43)40(35)41(36)42(34)45/h1-27,44H. The fourth-order valence-corrected chi connectivity index (χ4v) is 8.26. The Labute approximate surface area is 261 Å². The average molecular weight is 573 g/mol. The van der Waals surface area contributed by atoms with Crippen molar-refractivity contribution < 1.29 is 0 Å². The van der Waals surface area contributed by atoms with Crippen molar-refractivity contribution in [3.8, 4) is 27.9 Å². The number of nitrogens with one attached hydrogen (secondary N) is 1. The van der Waals surface area contributed by atoms with E-state index in [-0.39, 0.29) is 0 Å². The Morgan fingerprint density at radius 3 is 1.84 bits per heavy atom. The molecule has 0 amide bonds. The minimum absolute atomic E-state index is 0.502. The first-order valence-corrected chi connectivity index (χ1v) is 15.6. The molecule has 10 rings (SSSR count). The predicted octanol–water partition coefficient (Wildman–Crippen LogP) is 10.9. The van der Waals surface area contributed by atoms with Gasteiger partial charge >= 0.3 is 0 Å². The van der Waals surface area contributed by atoms with Crippen molar-refractivity contribution in [1.29, 1.82) is 0 Å². The van der Waals surface area contributed by atoms with Crippen LogP contribution in [0.25, 0.3) is 49.7 Å². The van der Waals surface area contributed by atoms with Gasteiger partial charge in [0, 0.05) is 33.3 Å². The third-order valence-corrected chi connectivity index (χ3v) is 9.94. The summed E-state index contributed by atoms with van der Waals surface area (Å²) in [6.07, 6.45) is 0. The monoisotopic (exact) mass is 572 g/mol. The number of fused-ring (bicyclic) bond motifs is 6. The van der Waals surface area contributed by atoms with E-state index in [1.807, 2.05) is 0 Å². The molecule has 1 aliphatic carbocycles. The van der Waals surface area contributed by atoms with Crippen molar-refractivity contribution in [1.82, 2.24) is 4.57 Å². The van der Waals surface area contributed by atoms with Crippen LogP contribution in [0.1, 0.15) is 22.3 Å². The Bertz CT molecular complexity index is 2400.